The molecule has 1 aromatic rings. The van der Waals surface area contributed by atoms with Crippen molar-refractivity contribution in [3.8, 4) is 0 Å². The lowest BCUT2D eigenvalue weighted by Crippen LogP contribution is -2.49. The van der Waals surface area contributed by atoms with Gasteiger partial charge in [-0.1, -0.05) is 37.6 Å². The molecule has 0 spiro atoms. The lowest BCUT2D eigenvalue weighted by Gasteiger charge is -2.57. The molecule has 2 nitrogen and oxygen atoms in total. The molecular formula is C25H34N2. The van der Waals surface area contributed by atoms with Crippen LogP contribution >= 0.6 is 0 Å². The highest BCUT2D eigenvalue weighted by Gasteiger charge is 2.56. The predicted octanol–water partition coefficient (Wildman–Crippen LogP) is 5.58. The Balaban J connectivity index is 1.46. The van der Waals surface area contributed by atoms with Gasteiger partial charge >= 0.3 is 0 Å². The number of likely N-dealkylation sites (N-methyl/N-ethyl adjacent to an activating group) is 1. The van der Waals surface area contributed by atoms with Gasteiger partial charge in [0.15, 0.2) is 0 Å². The number of pyridine rings is 1. The lowest BCUT2D eigenvalue weighted by atomic mass is 9.47. The van der Waals surface area contributed by atoms with Crippen molar-refractivity contribution in [2.75, 3.05) is 20.1 Å². The van der Waals surface area contributed by atoms with E-state index in [-0.39, 0.29) is 0 Å². The highest BCUT2D eigenvalue weighted by Crippen LogP contribution is 2.66. The Bertz CT molecular complexity index is 779. The number of hydrogen-bond donors (Lipinski definition) is 0. The molecule has 27 heavy (non-hydrogen) atoms. The van der Waals surface area contributed by atoms with Crippen LogP contribution in [0.25, 0.3) is 5.57 Å². The van der Waals surface area contributed by atoms with Crippen molar-refractivity contribution in [3.05, 3.63) is 47.8 Å². The molecule has 144 valence electrons. The van der Waals surface area contributed by atoms with Gasteiger partial charge in [-0.15, -0.1) is 0 Å². The lowest BCUT2D eigenvalue weighted by molar-refractivity contribution is -0.0194. The fourth-order valence-electron chi connectivity index (χ4n) is 7.33. The summed E-state index contributed by atoms with van der Waals surface area (Å²) >= 11 is 0. The third-order valence-electron chi connectivity index (χ3n) is 8.95. The molecule has 3 aliphatic carbocycles. The summed E-state index contributed by atoms with van der Waals surface area (Å²) in [7, 11) is 2.29. The summed E-state index contributed by atoms with van der Waals surface area (Å²) in [6.07, 6.45) is 17.2. The van der Waals surface area contributed by atoms with Crippen LogP contribution in [0.2, 0.25) is 0 Å². The average molecular weight is 363 g/mol. The summed E-state index contributed by atoms with van der Waals surface area (Å²) < 4.78 is 0. The van der Waals surface area contributed by atoms with E-state index in [1.807, 2.05) is 6.20 Å². The third kappa shape index (κ3) is 2.59. The van der Waals surface area contributed by atoms with E-state index in [0.29, 0.717) is 10.8 Å². The van der Waals surface area contributed by atoms with Crippen LogP contribution in [0.1, 0.15) is 57.9 Å². The van der Waals surface area contributed by atoms with Crippen molar-refractivity contribution in [1.82, 2.24) is 9.88 Å². The maximum absolute atomic E-state index is 4.41. The maximum Gasteiger partial charge on any atom is 0.0343 e. The van der Waals surface area contributed by atoms with Gasteiger partial charge in [-0.2, -0.15) is 0 Å². The monoisotopic (exact) mass is 362 g/mol. The minimum atomic E-state index is 0.350. The van der Waals surface area contributed by atoms with E-state index in [9.17, 15) is 0 Å². The molecule has 0 aromatic carbocycles. The largest absolute Gasteiger partial charge is 0.303 e. The number of hydrogen-bond acceptors (Lipinski definition) is 2. The van der Waals surface area contributed by atoms with Gasteiger partial charge in [0.2, 0.25) is 0 Å². The summed E-state index contributed by atoms with van der Waals surface area (Å²) in [5.74, 6) is 2.59. The predicted molar refractivity (Wildman–Crippen MR) is 112 cm³/mol. The van der Waals surface area contributed by atoms with Crippen molar-refractivity contribution in [3.63, 3.8) is 0 Å². The zero-order valence-corrected chi connectivity index (χ0v) is 17.2. The van der Waals surface area contributed by atoms with Gasteiger partial charge in [0.05, 0.1) is 0 Å². The Morgan fingerprint density at radius 1 is 1.07 bits per heavy atom. The number of rotatable bonds is 1. The van der Waals surface area contributed by atoms with Crippen LogP contribution in [0.15, 0.2) is 42.3 Å². The van der Waals surface area contributed by atoms with Crippen LogP contribution < -0.4 is 0 Å². The fourth-order valence-corrected chi connectivity index (χ4v) is 7.33. The second-order valence-corrected chi connectivity index (χ2v) is 10.1. The number of aromatic nitrogens is 1. The van der Waals surface area contributed by atoms with Gasteiger partial charge in [-0.3, -0.25) is 4.98 Å². The first-order chi connectivity index (χ1) is 13.0. The highest BCUT2D eigenvalue weighted by atomic mass is 15.1. The molecule has 0 radical (unpaired) electrons. The molecule has 5 atom stereocenters. The van der Waals surface area contributed by atoms with Gasteiger partial charge in [0.1, 0.15) is 0 Å². The fraction of sp³-hybridized carbons (Fsp3) is 0.640. The SMILES string of the molecule is CN1CC=C2CCC3C(CCC4(C)C(c5cccnc5)=CCC34)C2(C)CC1. The smallest absolute Gasteiger partial charge is 0.0343 e. The first-order valence-electron chi connectivity index (χ1n) is 11.0. The Morgan fingerprint density at radius 3 is 2.78 bits per heavy atom. The summed E-state index contributed by atoms with van der Waals surface area (Å²) in [5, 5.41) is 0. The summed E-state index contributed by atoms with van der Waals surface area (Å²) in [6, 6.07) is 4.36. The molecule has 0 bridgehead atoms. The van der Waals surface area contributed by atoms with E-state index in [1.54, 1.807) is 11.1 Å². The molecule has 0 saturated heterocycles. The van der Waals surface area contributed by atoms with Crippen LogP contribution in [0.5, 0.6) is 0 Å². The highest BCUT2D eigenvalue weighted by molar-refractivity contribution is 5.72. The molecule has 5 rings (SSSR count). The maximum atomic E-state index is 4.41. The second kappa shape index (κ2) is 6.30. The van der Waals surface area contributed by atoms with E-state index >= 15 is 0 Å². The zero-order chi connectivity index (χ0) is 18.6. The minimum absolute atomic E-state index is 0.350. The molecule has 2 heterocycles. The van der Waals surface area contributed by atoms with Crippen LogP contribution in [0, 0.1) is 28.6 Å². The topological polar surface area (TPSA) is 16.1 Å². The van der Waals surface area contributed by atoms with Crippen molar-refractivity contribution in [2.45, 2.75) is 52.4 Å². The van der Waals surface area contributed by atoms with Gasteiger partial charge in [-0.05, 0) is 97.9 Å². The van der Waals surface area contributed by atoms with Crippen LogP contribution in [-0.2, 0) is 0 Å². The van der Waals surface area contributed by atoms with Gasteiger partial charge < -0.3 is 4.90 Å². The van der Waals surface area contributed by atoms with Crippen LogP contribution in [-0.4, -0.2) is 30.0 Å². The molecule has 5 unspecified atom stereocenters. The average Bonchev–Trinajstić information content (AvgIpc) is 2.95. The van der Waals surface area contributed by atoms with Crippen molar-refractivity contribution >= 4 is 5.57 Å². The summed E-state index contributed by atoms with van der Waals surface area (Å²) in [5.41, 5.74) is 5.52. The van der Waals surface area contributed by atoms with E-state index in [1.165, 1.54) is 50.6 Å². The van der Waals surface area contributed by atoms with Gasteiger partial charge in [0, 0.05) is 18.9 Å². The van der Waals surface area contributed by atoms with Crippen molar-refractivity contribution in [2.24, 2.45) is 28.6 Å². The molecule has 4 aliphatic rings. The Hall–Kier alpha value is -1.41. The van der Waals surface area contributed by atoms with E-state index < -0.39 is 0 Å². The summed E-state index contributed by atoms with van der Waals surface area (Å²) in [4.78, 5) is 6.92. The van der Waals surface area contributed by atoms with Crippen molar-refractivity contribution < 1.29 is 0 Å². The van der Waals surface area contributed by atoms with Crippen molar-refractivity contribution in [1.29, 1.82) is 0 Å². The Morgan fingerprint density at radius 2 is 1.96 bits per heavy atom. The zero-order valence-electron chi connectivity index (χ0n) is 17.2. The van der Waals surface area contributed by atoms with Crippen LogP contribution in [0.4, 0.5) is 0 Å². The van der Waals surface area contributed by atoms with Crippen LogP contribution in [0.3, 0.4) is 0 Å². The molecule has 2 fully saturated rings. The molecule has 1 aromatic heterocycles. The first kappa shape index (κ1) is 17.7. The second-order valence-electron chi connectivity index (χ2n) is 10.1. The molecule has 2 heteroatoms. The molecule has 2 saturated carbocycles. The molecule has 0 N–H and O–H groups in total. The molecule has 0 amide bonds. The van der Waals surface area contributed by atoms with Gasteiger partial charge in [0.25, 0.3) is 0 Å². The first-order valence-corrected chi connectivity index (χ1v) is 11.0. The number of nitrogens with zero attached hydrogens (tertiary/aromatic N) is 2. The summed E-state index contributed by atoms with van der Waals surface area (Å²) in [6.45, 7) is 7.58. The Labute approximate surface area is 164 Å². The van der Waals surface area contributed by atoms with E-state index in [4.69, 9.17) is 0 Å². The third-order valence-corrected chi connectivity index (χ3v) is 8.95. The number of fused-ring (bicyclic) bond motifs is 5. The normalized spacial score (nSPS) is 41.7. The number of allylic oxidation sites excluding steroid dienone is 3. The standard InChI is InChI=1S/C25H34N2/c1-24-13-16-27(3)15-11-19(24)6-7-20-22-9-8-21(18-5-4-14-26-17-18)25(22,2)12-10-23(20)24/h4-5,8,11,14,17,20,22-23H,6-7,9-10,12-13,15-16H2,1-3H3. The molecule has 1 aliphatic heterocycles. The van der Waals surface area contributed by atoms with Gasteiger partial charge in [-0.25, -0.2) is 0 Å². The van der Waals surface area contributed by atoms with E-state index in [2.05, 4.69) is 61.3 Å². The Kier molecular flexibility index (Phi) is 4.13. The molecular weight excluding hydrogens is 328 g/mol. The quantitative estimate of drug-likeness (QED) is 0.606. The van der Waals surface area contributed by atoms with E-state index in [0.717, 1.165) is 24.3 Å². The minimum Gasteiger partial charge on any atom is -0.303 e.